The molecule has 2 aromatic heterocycles. The summed E-state index contributed by atoms with van der Waals surface area (Å²) in [6.45, 7) is 6.35. The normalized spacial score (nSPS) is 13.6. The molecule has 0 N–H and O–H groups in total. The second-order valence-electron chi connectivity index (χ2n) is 6.63. The number of amides is 1. The first kappa shape index (κ1) is 17.7. The van der Waals surface area contributed by atoms with Crippen LogP contribution in [0.1, 0.15) is 35.4 Å². The molecule has 1 aromatic carbocycles. The first-order valence-corrected chi connectivity index (χ1v) is 9.88. The minimum atomic E-state index is -0.0791. The Balaban J connectivity index is 1.70. The van der Waals surface area contributed by atoms with Gasteiger partial charge in [0.05, 0.1) is 28.6 Å². The van der Waals surface area contributed by atoms with Crippen molar-refractivity contribution in [2.75, 3.05) is 11.5 Å². The topological polar surface area (TPSA) is 68.5 Å². The van der Waals surface area contributed by atoms with Crippen molar-refractivity contribution in [3.63, 3.8) is 0 Å². The van der Waals surface area contributed by atoms with Crippen molar-refractivity contribution in [2.45, 2.75) is 40.2 Å². The molecule has 1 aliphatic heterocycles. The molecule has 0 spiro atoms. The summed E-state index contributed by atoms with van der Waals surface area (Å²) in [6.07, 6.45) is 2.06. The molecule has 0 atom stereocenters. The lowest BCUT2D eigenvalue weighted by Gasteiger charge is -2.29. The monoisotopic (exact) mass is 383 g/mol. The predicted molar refractivity (Wildman–Crippen MR) is 104 cm³/mol. The molecule has 1 amide bonds. The number of hydrogen-bond acceptors (Lipinski definition) is 6. The van der Waals surface area contributed by atoms with Gasteiger partial charge in [0.1, 0.15) is 11.5 Å². The van der Waals surface area contributed by atoms with E-state index >= 15 is 0 Å². The van der Waals surface area contributed by atoms with E-state index in [9.17, 15) is 4.79 Å². The molecule has 3 heterocycles. The van der Waals surface area contributed by atoms with E-state index in [1.165, 1.54) is 0 Å². The van der Waals surface area contributed by atoms with Crippen LogP contribution in [0.15, 0.2) is 28.1 Å². The summed E-state index contributed by atoms with van der Waals surface area (Å²) in [5.74, 6) is 1.35. The van der Waals surface area contributed by atoms with E-state index in [4.69, 9.17) is 14.2 Å². The third kappa shape index (κ3) is 3.35. The smallest absolute Gasteiger partial charge is 0.265 e. The van der Waals surface area contributed by atoms with Crippen molar-refractivity contribution in [2.24, 2.45) is 0 Å². The van der Waals surface area contributed by atoms with Gasteiger partial charge in [-0.2, -0.15) is 0 Å². The molecule has 1 aliphatic rings. The van der Waals surface area contributed by atoms with Gasteiger partial charge in [0.25, 0.3) is 5.91 Å². The average molecular weight is 383 g/mol. The summed E-state index contributed by atoms with van der Waals surface area (Å²) >= 11 is 1.67. The second-order valence-corrected chi connectivity index (χ2v) is 7.57. The van der Waals surface area contributed by atoms with Gasteiger partial charge in [-0.1, -0.05) is 12.1 Å². The molecular weight excluding hydrogens is 362 g/mol. The number of thiazole rings is 1. The third-order valence-electron chi connectivity index (χ3n) is 4.71. The van der Waals surface area contributed by atoms with Crippen LogP contribution in [-0.2, 0) is 17.8 Å². The summed E-state index contributed by atoms with van der Waals surface area (Å²) in [4.78, 5) is 19.0. The molecule has 0 radical (unpaired) electrons. The number of anilines is 1. The van der Waals surface area contributed by atoms with Crippen LogP contribution in [0.25, 0.3) is 11.3 Å². The number of carbonyl (C=O) groups excluding carboxylic acids is 1. The van der Waals surface area contributed by atoms with Gasteiger partial charge in [-0.25, -0.2) is 4.98 Å². The Bertz CT molecular complexity index is 973. The summed E-state index contributed by atoms with van der Waals surface area (Å²) in [5, 5.41) is 7.19. The van der Waals surface area contributed by atoms with Gasteiger partial charge < -0.3 is 14.2 Å². The fraction of sp³-hybridized carbons (Fsp3) is 0.350. The van der Waals surface area contributed by atoms with Crippen molar-refractivity contribution in [3.05, 3.63) is 45.6 Å². The Morgan fingerprint density at radius 1 is 1.30 bits per heavy atom. The van der Waals surface area contributed by atoms with E-state index in [0.717, 1.165) is 51.8 Å². The number of aromatic nitrogens is 2. The summed E-state index contributed by atoms with van der Waals surface area (Å²) in [6, 6.07) is 5.89. The van der Waals surface area contributed by atoms with Gasteiger partial charge in [-0.3, -0.25) is 4.79 Å². The maximum Gasteiger partial charge on any atom is 0.265 e. The zero-order valence-electron chi connectivity index (χ0n) is 15.6. The number of ether oxygens (including phenoxy) is 1. The molecule has 6 nitrogen and oxygen atoms in total. The molecule has 0 fully saturated rings. The number of nitrogens with zero attached hydrogens (tertiary/aromatic N) is 3. The van der Waals surface area contributed by atoms with Crippen molar-refractivity contribution in [1.29, 1.82) is 0 Å². The first-order chi connectivity index (χ1) is 13.1. The second kappa shape index (κ2) is 7.15. The van der Waals surface area contributed by atoms with Gasteiger partial charge in [0.15, 0.2) is 6.61 Å². The minimum absolute atomic E-state index is 0.0348. The van der Waals surface area contributed by atoms with Crippen molar-refractivity contribution in [1.82, 2.24) is 10.1 Å². The zero-order chi connectivity index (χ0) is 19.0. The lowest BCUT2D eigenvalue weighted by molar-refractivity contribution is -0.121. The standard InChI is InChI=1S/C20H21N3O3S/c1-4-5-19-21-16(11-27-19)14-6-7-18-17(8-14)23(20(24)10-25-18)9-15-12(2)22-26-13(15)3/h6-8,11H,4-5,9-10H2,1-3H3. The molecule has 27 heavy (non-hydrogen) atoms. The van der Waals surface area contributed by atoms with Crippen molar-refractivity contribution >= 4 is 22.9 Å². The Labute approximate surface area is 161 Å². The highest BCUT2D eigenvalue weighted by Gasteiger charge is 2.28. The number of rotatable bonds is 5. The molecular formula is C20H21N3O3S. The Kier molecular flexibility index (Phi) is 4.70. The van der Waals surface area contributed by atoms with Crippen LogP contribution < -0.4 is 9.64 Å². The highest BCUT2D eigenvalue weighted by Crippen LogP contribution is 2.37. The van der Waals surface area contributed by atoms with Gasteiger partial charge in [0, 0.05) is 16.5 Å². The van der Waals surface area contributed by atoms with Gasteiger partial charge in [-0.05, 0) is 44.9 Å². The van der Waals surface area contributed by atoms with E-state index < -0.39 is 0 Å². The van der Waals surface area contributed by atoms with Crippen LogP contribution in [0.4, 0.5) is 5.69 Å². The minimum Gasteiger partial charge on any atom is -0.482 e. The van der Waals surface area contributed by atoms with Crippen LogP contribution in [0.2, 0.25) is 0 Å². The highest BCUT2D eigenvalue weighted by molar-refractivity contribution is 7.09. The number of hydrogen-bond donors (Lipinski definition) is 0. The molecule has 3 aromatic rings. The number of benzene rings is 1. The van der Waals surface area contributed by atoms with E-state index in [1.807, 2.05) is 32.0 Å². The maximum atomic E-state index is 12.6. The SMILES string of the molecule is CCCc1nc(-c2ccc3c(c2)N(Cc2c(C)noc2C)C(=O)CO3)cs1. The van der Waals surface area contributed by atoms with Gasteiger partial charge in [0.2, 0.25) is 0 Å². The fourth-order valence-corrected chi connectivity index (χ4v) is 4.10. The Morgan fingerprint density at radius 2 is 2.15 bits per heavy atom. The summed E-state index contributed by atoms with van der Waals surface area (Å²) in [7, 11) is 0. The zero-order valence-corrected chi connectivity index (χ0v) is 16.4. The lowest BCUT2D eigenvalue weighted by Crippen LogP contribution is -2.38. The average Bonchev–Trinajstić information content (AvgIpc) is 3.25. The molecule has 7 heteroatoms. The van der Waals surface area contributed by atoms with Gasteiger partial charge in [-0.15, -0.1) is 11.3 Å². The van der Waals surface area contributed by atoms with E-state index in [2.05, 4.69) is 17.5 Å². The van der Waals surface area contributed by atoms with Gasteiger partial charge >= 0.3 is 0 Å². The fourth-order valence-electron chi connectivity index (χ4n) is 3.19. The largest absolute Gasteiger partial charge is 0.482 e. The highest BCUT2D eigenvalue weighted by atomic mass is 32.1. The number of fused-ring (bicyclic) bond motifs is 1. The molecule has 4 rings (SSSR count). The van der Waals surface area contributed by atoms with Crippen LogP contribution in [0.3, 0.4) is 0 Å². The molecule has 0 saturated carbocycles. The number of carbonyl (C=O) groups is 1. The number of aryl methyl sites for hydroxylation is 3. The molecule has 140 valence electrons. The molecule has 0 unspecified atom stereocenters. The van der Waals surface area contributed by atoms with Crippen LogP contribution in [0.5, 0.6) is 5.75 Å². The van der Waals surface area contributed by atoms with Crippen molar-refractivity contribution < 1.29 is 14.1 Å². The third-order valence-corrected chi connectivity index (χ3v) is 5.62. The quantitative estimate of drug-likeness (QED) is 0.657. The van der Waals surface area contributed by atoms with E-state index in [-0.39, 0.29) is 12.5 Å². The summed E-state index contributed by atoms with van der Waals surface area (Å²) in [5.41, 5.74) is 4.40. The summed E-state index contributed by atoms with van der Waals surface area (Å²) < 4.78 is 10.9. The molecule has 0 bridgehead atoms. The van der Waals surface area contributed by atoms with Crippen LogP contribution >= 0.6 is 11.3 Å². The lowest BCUT2D eigenvalue weighted by atomic mass is 10.1. The molecule has 0 aliphatic carbocycles. The van der Waals surface area contributed by atoms with E-state index in [0.29, 0.717) is 12.3 Å². The van der Waals surface area contributed by atoms with Crippen LogP contribution in [-0.4, -0.2) is 22.7 Å². The Morgan fingerprint density at radius 3 is 2.89 bits per heavy atom. The van der Waals surface area contributed by atoms with Crippen molar-refractivity contribution in [3.8, 4) is 17.0 Å². The predicted octanol–water partition coefficient (Wildman–Crippen LogP) is 4.29. The van der Waals surface area contributed by atoms with E-state index in [1.54, 1.807) is 16.2 Å². The molecule has 0 saturated heterocycles. The van der Waals surface area contributed by atoms with Crippen LogP contribution in [0, 0.1) is 13.8 Å². The maximum absolute atomic E-state index is 12.6. The Hall–Kier alpha value is -2.67. The first-order valence-electron chi connectivity index (χ1n) is 9.00.